The van der Waals surface area contributed by atoms with Gasteiger partial charge in [0.15, 0.2) is 0 Å². The molecule has 82 valence electrons. The van der Waals surface area contributed by atoms with Gasteiger partial charge >= 0.3 is 0 Å². The summed E-state index contributed by atoms with van der Waals surface area (Å²) in [7, 11) is 0. The van der Waals surface area contributed by atoms with E-state index >= 15 is 0 Å². The van der Waals surface area contributed by atoms with Gasteiger partial charge in [-0.25, -0.2) is 8.78 Å². The van der Waals surface area contributed by atoms with Crippen LogP contribution in [0.5, 0.6) is 0 Å². The first-order chi connectivity index (χ1) is 7.58. The molecule has 0 saturated carbocycles. The third-order valence-electron chi connectivity index (χ3n) is 2.15. The maximum absolute atomic E-state index is 13.5. The molecular weight excluding hydrogens is 253 g/mol. The van der Waals surface area contributed by atoms with Crippen molar-refractivity contribution in [1.29, 1.82) is 0 Å². The molecule has 0 amide bonds. The molecule has 0 saturated heterocycles. The van der Waals surface area contributed by atoms with E-state index in [4.69, 9.17) is 23.2 Å². The molecule has 0 N–H and O–H groups in total. The Morgan fingerprint density at radius 1 is 0.812 bits per heavy atom. The molecule has 0 atom stereocenters. The lowest BCUT2D eigenvalue weighted by Gasteiger charge is -2.06. The summed E-state index contributed by atoms with van der Waals surface area (Å²) in [6.45, 7) is 0. The third kappa shape index (κ3) is 2.18. The number of halogens is 4. The molecule has 0 nitrogen and oxygen atoms in total. The normalized spacial score (nSPS) is 10.5. The maximum Gasteiger partial charge on any atom is 0.131 e. The molecule has 4 heteroatoms. The highest BCUT2D eigenvalue weighted by Crippen LogP contribution is 2.32. The first-order valence-corrected chi connectivity index (χ1v) is 5.24. The second-order valence-corrected chi connectivity index (χ2v) is 4.09. The molecule has 2 aromatic carbocycles. The van der Waals surface area contributed by atoms with Crippen molar-refractivity contribution < 1.29 is 8.78 Å². The second kappa shape index (κ2) is 4.40. The van der Waals surface area contributed by atoms with Gasteiger partial charge in [-0.3, -0.25) is 0 Å². The zero-order chi connectivity index (χ0) is 11.7. The highest BCUT2D eigenvalue weighted by atomic mass is 35.5. The fourth-order valence-electron chi connectivity index (χ4n) is 1.41. The summed E-state index contributed by atoms with van der Waals surface area (Å²) < 4.78 is 26.5. The molecule has 0 aliphatic rings. The first kappa shape index (κ1) is 11.4. The Hall–Kier alpha value is -1.12. The van der Waals surface area contributed by atoms with Gasteiger partial charge in [-0.15, -0.1) is 0 Å². The standard InChI is InChI=1S/C12H6Cl2F2/c13-7-1-3-9(11(14)5-7)10-6-8(15)2-4-12(10)16/h1-6H. The van der Waals surface area contributed by atoms with Gasteiger partial charge in [0.1, 0.15) is 11.6 Å². The van der Waals surface area contributed by atoms with Gasteiger partial charge in [0.2, 0.25) is 0 Å². The molecule has 0 aliphatic carbocycles. The van der Waals surface area contributed by atoms with E-state index in [1.54, 1.807) is 12.1 Å². The van der Waals surface area contributed by atoms with Crippen LogP contribution in [0, 0.1) is 11.6 Å². The zero-order valence-electron chi connectivity index (χ0n) is 7.98. The van der Waals surface area contributed by atoms with Crippen molar-refractivity contribution in [3.05, 3.63) is 58.1 Å². The first-order valence-electron chi connectivity index (χ1n) is 4.48. The van der Waals surface area contributed by atoms with Crippen LogP contribution in [-0.4, -0.2) is 0 Å². The summed E-state index contributed by atoms with van der Waals surface area (Å²) >= 11 is 11.6. The summed E-state index contributed by atoms with van der Waals surface area (Å²) in [5.74, 6) is -1.03. The minimum Gasteiger partial charge on any atom is -0.207 e. The van der Waals surface area contributed by atoms with E-state index in [0.29, 0.717) is 10.6 Å². The van der Waals surface area contributed by atoms with Crippen LogP contribution in [0.15, 0.2) is 36.4 Å². The molecule has 0 unspecified atom stereocenters. The lowest BCUT2D eigenvalue weighted by Crippen LogP contribution is -1.87. The monoisotopic (exact) mass is 258 g/mol. The van der Waals surface area contributed by atoms with Crippen molar-refractivity contribution in [3.63, 3.8) is 0 Å². The quantitative estimate of drug-likeness (QED) is 0.680. The smallest absolute Gasteiger partial charge is 0.131 e. The topological polar surface area (TPSA) is 0 Å². The van der Waals surface area contributed by atoms with E-state index in [2.05, 4.69) is 0 Å². The Labute approximate surface area is 101 Å². The van der Waals surface area contributed by atoms with E-state index in [-0.39, 0.29) is 10.6 Å². The van der Waals surface area contributed by atoms with Gasteiger partial charge < -0.3 is 0 Å². The predicted octanol–water partition coefficient (Wildman–Crippen LogP) is 4.94. The van der Waals surface area contributed by atoms with E-state index in [0.717, 1.165) is 18.2 Å². The number of rotatable bonds is 1. The highest BCUT2D eigenvalue weighted by molar-refractivity contribution is 6.36. The molecule has 0 spiro atoms. The third-order valence-corrected chi connectivity index (χ3v) is 2.70. The van der Waals surface area contributed by atoms with E-state index in [1.807, 2.05) is 0 Å². The van der Waals surface area contributed by atoms with Crippen LogP contribution in [0.4, 0.5) is 8.78 Å². The van der Waals surface area contributed by atoms with Crippen LogP contribution in [0.2, 0.25) is 10.0 Å². The lowest BCUT2D eigenvalue weighted by molar-refractivity contribution is 0.603. The summed E-state index contributed by atoms with van der Waals surface area (Å²) in [6.07, 6.45) is 0. The van der Waals surface area contributed by atoms with Gasteiger partial charge in [-0.2, -0.15) is 0 Å². The van der Waals surface area contributed by atoms with Gasteiger partial charge in [-0.1, -0.05) is 29.3 Å². The van der Waals surface area contributed by atoms with Crippen LogP contribution in [-0.2, 0) is 0 Å². The average molecular weight is 259 g/mol. The summed E-state index contributed by atoms with van der Waals surface area (Å²) in [5.41, 5.74) is 0.546. The number of hydrogen-bond acceptors (Lipinski definition) is 0. The Kier molecular flexibility index (Phi) is 3.13. The number of hydrogen-bond donors (Lipinski definition) is 0. The molecule has 16 heavy (non-hydrogen) atoms. The summed E-state index contributed by atoms with van der Waals surface area (Å²) in [5, 5.41) is 0.738. The molecule has 0 bridgehead atoms. The van der Waals surface area contributed by atoms with Gasteiger partial charge in [0, 0.05) is 21.2 Å². The van der Waals surface area contributed by atoms with Crippen molar-refractivity contribution >= 4 is 23.2 Å². The highest BCUT2D eigenvalue weighted by Gasteiger charge is 2.10. The van der Waals surface area contributed by atoms with E-state index in [9.17, 15) is 8.78 Å². The fourth-order valence-corrected chi connectivity index (χ4v) is 1.92. The second-order valence-electron chi connectivity index (χ2n) is 3.25. The zero-order valence-corrected chi connectivity index (χ0v) is 9.49. The Bertz CT molecular complexity index is 539. The Balaban J connectivity index is 2.62. The molecule has 0 aliphatic heterocycles. The molecule has 0 fully saturated rings. The van der Waals surface area contributed by atoms with Crippen LogP contribution in [0.1, 0.15) is 0 Å². The molecular formula is C12H6Cl2F2. The van der Waals surface area contributed by atoms with Crippen molar-refractivity contribution in [2.24, 2.45) is 0 Å². The molecule has 0 radical (unpaired) electrons. The molecule has 0 aromatic heterocycles. The SMILES string of the molecule is Fc1ccc(F)c(-c2ccc(Cl)cc2Cl)c1. The Morgan fingerprint density at radius 3 is 2.25 bits per heavy atom. The summed E-state index contributed by atoms with van der Waals surface area (Å²) in [6, 6.07) is 7.85. The van der Waals surface area contributed by atoms with Gasteiger partial charge in [0.05, 0.1) is 0 Å². The predicted molar refractivity (Wildman–Crippen MR) is 61.8 cm³/mol. The number of benzene rings is 2. The van der Waals surface area contributed by atoms with Crippen molar-refractivity contribution in [1.82, 2.24) is 0 Å². The Morgan fingerprint density at radius 2 is 1.56 bits per heavy atom. The largest absolute Gasteiger partial charge is 0.207 e. The average Bonchev–Trinajstić information content (AvgIpc) is 2.22. The summed E-state index contributed by atoms with van der Waals surface area (Å²) in [4.78, 5) is 0. The maximum atomic E-state index is 13.5. The van der Waals surface area contributed by atoms with Crippen molar-refractivity contribution in [3.8, 4) is 11.1 Å². The minimum absolute atomic E-state index is 0.127. The van der Waals surface area contributed by atoms with Gasteiger partial charge in [-0.05, 0) is 30.3 Å². The van der Waals surface area contributed by atoms with Crippen molar-refractivity contribution in [2.45, 2.75) is 0 Å². The van der Waals surface area contributed by atoms with E-state index < -0.39 is 11.6 Å². The molecule has 0 heterocycles. The fraction of sp³-hybridized carbons (Fsp3) is 0. The van der Waals surface area contributed by atoms with Crippen LogP contribution >= 0.6 is 23.2 Å². The van der Waals surface area contributed by atoms with Crippen LogP contribution in [0.25, 0.3) is 11.1 Å². The molecule has 2 aromatic rings. The van der Waals surface area contributed by atoms with Crippen molar-refractivity contribution in [2.75, 3.05) is 0 Å². The minimum atomic E-state index is -0.523. The lowest BCUT2D eigenvalue weighted by atomic mass is 10.1. The van der Waals surface area contributed by atoms with E-state index in [1.165, 1.54) is 6.07 Å². The van der Waals surface area contributed by atoms with Crippen LogP contribution < -0.4 is 0 Å². The van der Waals surface area contributed by atoms with Gasteiger partial charge in [0.25, 0.3) is 0 Å². The van der Waals surface area contributed by atoms with Crippen LogP contribution in [0.3, 0.4) is 0 Å². The molecule has 2 rings (SSSR count).